The number of hydrogen-bond donors (Lipinski definition) is 2. The molecule has 4 nitrogen and oxygen atoms in total. The Kier molecular flexibility index (Phi) is 3.69. The van der Waals surface area contributed by atoms with Crippen molar-refractivity contribution in [1.82, 2.24) is 9.97 Å². The van der Waals surface area contributed by atoms with Crippen molar-refractivity contribution in [3.63, 3.8) is 0 Å². The predicted octanol–water partition coefficient (Wildman–Crippen LogP) is 3.43. The van der Waals surface area contributed by atoms with Gasteiger partial charge in [0.1, 0.15) is 0 Å². The molecule has 118 valence electrons. The highest BCUT2D eigenvalue weighted by Gasteiger charge is 2.11. The summed E-state index contributed by atoms with van der Waals surface area (Å²) in [6.45, 7) is -0.118. The molecule has 0 amide bonds. The van der Waals surface area contributed by atoms with Crippen LogP contribution in [0.15, 0.2) is 60.7 Å². The molecule has 0 spiro atoms. The number of benzene rings is 2. The van der Waals surface area contributed by atoms with E-state index in [0.29, 0.717) is 11.4 Å². The molecule has 2 aromatic heterocycles. The molecule has 0 aliphatic carbocycles. The van der Waals surface area contributed by atoms with Crippen LogP contribution in [0, 0.1) is 0 Å². The van der Waals surface area contributed by atoms with Crippen LogP contribution in [0.3, 0.4) is 0 Å². The number of aliphatic hydroxyl groups excluding tert-OH is 2. The van der Waals surface area contributed by atoms with E-state index in [1.165, 1.54) is 0 Å². The fourth-order valence-electron chi connectivity index (χ4n) is 3.02. The maximum atomic E-state index is 9.69. The highest BCUT2D eigenvalue weighted by molar-refractivity contribution is 5.87. The first-order chi connectivity index (χ1) is 11.8. The molecule has 4 aromatic rings. The topological polar surface area (TPSA) is 66.2 Å². The molecule has 0 radical (unpaired) electrons. The van der Waals surface area contributed by atoms with Gasteiger partial charge in [-0.25, -0.2) is 9.97 Å². The van der Waals surface area contributed by atoms with E-state index in [4.69, 9.17) is 0 Å². The third kappa shape index (κ3) is 2.42. The molecule has 2 heterocycles. The minimum absolute atomic E-state index is 0.0591. The molecule has 0 bridgehead atoms. The quantitative estimate of drug-likeness (QED) is 0.608. The Morgan fingerprint density at radius 2 is 1.04 bits per heavy atom. The van der Waals surface area contributed by atoms with Crippen LogP contribution < -0.4 is 0 Å². The number of pyridine rings is 2. The molecule has 0 fully saturated rings. The maximum Gasteiger partial charge on any atom is 0.0897 e. The number of aromatic nitrogens is 2. The van der Waals surface area contributed by atoms with E-state index in [1.54, 1.807) is 0 Å². The van der Waals surface area contributed by atoms with Crippen LogP contribution in [-0.2, 0) is 13.2 Å². The molecule has 0 unspecified atom stereocenters. The van der Waals surface area contributed by atoms with Gasteiger partial charge in [0, 0.05) is 10.8 Å². The van der Waals surface area contributed by atoms with Gasteiger partial charge < -0.3 is 10.2 Å². The van der Waals surface area contributed by atoms with Crippen LogP contribution in [0.1, 0.15) is 11.1 Å². The van der Waals surface area contributed by atoms with Crippen molar-refractivity contribution in [3.05, 3.63) is 71.8 Å². The minimum atomic E-state index is -0.0591. The first-order valence-electron chi connectivity index (χ1n) is 7.79. The van der Waals surface area contributed by atoms with Gasteiger partial charge in [-0.1, -0.05) is 36.4 Å². The molecule has 2 N–H and O–H groups in total. The zero-order valence-electron chi connectivity index (χ0n) is 13.0. The molecular weight excluding hydrogens is 300 g/mol. The van der Waals surface area contributed by atoms with Crippen molar-refractivity contribution in [2.24, 2.45) is 0 Å². The Morgan fingerprint density at radius 3 is 1.46 bits per heavy atom. The van der Waals surface area contributed by atoms with Crippen LogP contribution in [-0.4, -0.2) is 20.2 Å². The van der Waals surface area contributed by atoms with Gasteiger partial charge in [-0.2, -0.15) is 0 Å². The summed E-state index contributed by atoms with van der Waals surface area (Å²) in [4.78, 5) is 9.36. The largest absolute Gasteiger partial charge is 0.392 e. The van der Waals surface area contributed by atoms with Crippen molar-refractivity contribution in [2.75, 3.05) is 0 Å². The van der Waals surface area contributed by atoms with Crippen molar-refractivity contribution in [3.8, 4) is 11.4 Å². The summed E-state index contributed by atoms with van der Waals surface area (Å²) < 4.78 is 0. The lowest BCUT2D eigenvalue weighted by molar-refractivity contribution is 0.283. The third-order valence-electron chi connectivity index (χ3n) is 4.21. The third-order valence-corrected chi connectivity index (χ3v) is 4.21. The van der Waals surface area contributed by atoms with Gasteiger partial charge in [0.05, 0.1) is 35.6 Å². The Hall–Kier alpha value is -2.82. The fraction of sp³-hybridized carbons (Fsp3) is 0.100. The Morgan fingerprint density at radius 1 is 0.625 bits per heavy atom. The zero-order chi connectivity index (χ0) is 16.5. The molecule has 0 aliphatic rings. The number of rotatable bonds is 3. The molecule has 0 aliphatic heterocycles. The van der Waals surface area contributed by atoms with E-state index in [0.717, 1.165) is 32.9 Å². The Bertz CT molecular complexity index is 959. The molecule has 24 heavy (non-hydrogen) atoms. The molecule has 2 aromatic carbocycles. The summed E-state index contributed by atoms with van der Waals surface area (Å²) in [5, 5.41) is 21.3. The van der Waals surface area contributed by atoms with Gasteiger partial charge in [-0.05, 0) is 35.4 Å². The van der Waals surface area contributed by atoms with Crippen molar-refractivity contribution < 1.29 is 10.2 Å². The van der Waals surface area contributed by atoms with E-state index >= 15 is 0 Å². The van der Waals surface area contributed by atoms with E-state index in [2.05, 4.69) is 9.97 Å². The average Bonchev–Trinajstić information content (AvgIpc) is 2.66. The Labute approximate surface area is 139 Å². The second kappa shape index (κ2) is 6.00. The summed E-state index contributed by atoms with van der Waals surface area (Å²) in [7, 11) is 0. The van der Waals surface area contributed by atoms with Gasteiger partial charge in [-0.3, -0.25) is 0 Å². The van der Waals surface area contributed by atoms with Crippen molar-refractivity contribution in [2.45, 2.75) is 13.2 Å². The van der Waals surface area contributed by atoms with Gasteiger partial charge in [0.15, 0.2) is 0 Å². The van der Waals surface area contributed by atoms with E-state index in [1.807, 2.05) is 60.7 Å². The smallest absolute Gasteiger partial charge is 0.0897 e. The molecular formula is C20H16N2O2. The summed E-state index contributed by atoms with van der Waals surface area (Å²) in [5.41, 5.74) is 4.66. The SMILES string of the molecule is OCc1cc(-c2cc(CO)c3ccccc3n2)nc2ccccc12. The fourth-order valence-corrected chi connectivity index (χ4v) is 3.02. The van der Waals surface area contributed by atoms with Crippen LogP contribution in [0.2, 0.25) is 0 Å². The van der Waals surface area contributed by atoms with Crippen LogP contribution in [0.25, 0.3) is 33.2 Å². The standard InChI is InChI=1S/C20H16N2O2/c23-11-13-9-19(21-17-7-3-1-5-15(13)17)20-10-14(12-24)16-6-2-4-8-18(16)22-20/h1-10,23-24H,11-12H2. The second-order valence-electron chi connectivity index (χ2n) is 5.68. The normalized spacial score (nSPS) is 11.2. The summed E-state index contributed by atoms with van der Waals surface area (Å²) in [6.07, 6.45) is 0. The molecule has 0 atom stereocenters. The number of fused-ring (bicyclic) bond motifs is 2. The average molecular weight is 316 g/mol. The van der Waals surface area contributed by atoms with Crippen LogP contribution >= 0.6 is 0 Å². The summed E-state index contributed by atoms with van der Waals surface area (Å²) >= 11 is 0. The van der Waals surface area contributed by atoms with E-state index < -0.39 is 0 Å². The predicted molar refractivity (Wildman–Crippen MR) is 94.3 cm³/mol. The van der Waals surface area contributed by atoms with Crippen molar-refractivity contribution in [1.29, 1.82) is 0 Å². The lowest BCUT2D eigenvalue weighted by atomic mass is 10.0. The number of aliphatic hydroxyl groups is 2. The molecule has 4 rings (SSSR count). The molecule has 0 saturated heterocycles. The van der Waals surface area contributed by atoms with Gasteiger partial charge >= 0.3 is 0 Å². The molecule has 0 saturated carbocycles. The number of para-hydroxylation sites is 2. The van der Waals surface area contributed by atoms with E-state index in [-0.39, 0.29) is 13.2 Å². The first kappa shape index (κ1) is 14.8. The van der Waals surface area contributed by atoms with Crippen LogP contribution in [0.4, 0.5) is 0 Å². The number of nitrogens with zero attached hydrogens (tertiary/aromatic N) is 2. The second-order valence-corrected chi connectivity index (χ2v) is 5.68. The highest BCUT2D eigenvalue weighted by Crippen LogP contribution is 2.27. The lowest BCUT2D eigenvalue weighted by Crippen LogP contribution is -1.97. The molecule has 4 heteroatoms. The van der Waals surface area contributed by atoms with Gasteiger partial charge in [0.25, 0.3) is 0 Å². The summed E-state index contributed by atoms with van der Waals surface area (Å²) in [6, 6.07) is 19.2. The first-order valence-corrected chi connectivity index (χ1v) is 7.79. The number of hydrogen-bond acceptors (Lipinski definition) is 4. The monoisotopic (exact) mass is 316 g/mol. The van der Waals surface area contributed by atoms with Gasteiger partial charge in [-0.15, -0.1) is 0 Å². The lowest BCUT2D eigenvalue weighted by Gasteiger charge is -2.10. The summed E-state index contributed by atoms with van der Waals surface area (Å²) in [5.74, 6) is 0. The van der Waals surface area contributed by atoms with Crippen molar-refractivity contribution >= 4 is 21.8 Å². The minimum Gasteiger partial charge on any atom is -0.392 e. The van der Waals surface area contributed by atoms with Crippen LogP contribution in [0.5, 0.6) is 0 Å². The van der Waals surface area contributed by atoms with Gasteiger partial charge in [0.2, 0.25) is 0 Å². The Balaban J connectivity index is 1.99. The highest BCUT2D eigenvalue weighted by atomic mass is 16.3. The maximum absolute atomic E-state index is 9.69. The zero-order valence-corrected chi connectivity index (χ0v) is 13.0. The van der Waals surface area contributed by atoms with E-state index in [9.17, 15) is 10.2 Å².